The van der Waals surface area contributed by atoms with Gasteiger partial charge in [-0.05, 0) is 18.5 Å². The highest BCUT2D eigenvalue weighted by molar-refractivity contribution is 6.73. The van der Waals surface area contributed by atoms with Crippen LogP contribution < -0.4 is 0 Å². The van der Waals surface area contributed by atoms with Gasteiger partial charge in [0.05, 0.1) is 12.5 Å². The molecular weight excluding hydrogens is 267 g/mol. The molecule has 0 saturated heterocycles. The van der Waals surface area contributed by atoms with E-state index in [0.29, 0.717) is 11.8 Å². The van der Waals surface area contributed by atoms with E-state index < -0.39 is 6.17 Å². The van der Waals surface area contributed by atoms with Crippen molar-refractivity contribution < 1.29 is 9.53 Å². The fourth-order valence-electron chi connectivity index (χ4n) is 1.59. The van der Waals surface area contributed by atoms with Crippen LogP contribution >= 0.6 is 23.2 Å². The molecule has 0 aromatic carbocycles. The van der Waals surface area contributed by atoms with Gasteiger partial charge in [-0.1, -0.05) is 11.6 Å². The third-order valence-electron chi connectivity index (χ3n) is 2.31. The maximum atomic E-state index is 11.4. The molecule has 8 heteroatoms. The Kier molecular flexibility index (Phi) is 3.63. The topological polar surface area (TPSA) is 66.6 Å². The summed E-state index contributed by atoms with van der Waals surface area (Å²) in [4.78, 5) is 19.3. The molecule has 0 N–H and O–H groups in total. The molecule has 2 aliphatic rings. The number of fused-ring (bicyclic) bond motifs is 1. The van der Waals surface area contributed by atoms with Crippen molar-refractivity contribution >= 4 is 45.9 Å². The molecule has 17 heavy (non-hydrogen) atoms. The summed E-state index contributed by atoms with van der Waals surface area (Å²) in [5.41, 5.74) is 0. The summed E-state index contributed by atoms with van der Waals surface area (Å²) >= 11 is 11.6. The summed E-state index contributed by atoms with van der Waals surface area (Å²) in [6, 6.07) is 0. The highest BCUT2D eigenvalue weighted by Gasteiger charge is 2.37. The normalized spacial score (nSPS) is 26.4. The van der Waals surface area contributed by atoms with Crippen molar-refractivity contribution in [2.75, 3.05) is 13.2 Å². The van der Waals surface area contributed by atoms with Gasteiger partial charge >= 0.3 is 5.97 Å². The molecule has 0 bridgehead atoms. The first-order valence-electron chi connectivity index (χ1n) is 5.05. The Balaban J connectivity index is 2.06. The number of carbonyl (C=O) groups is 1. The van der Waals surface area contributed by atoms with Crippen LogP contribution in [-0.4, -0.2) is 47.0 Å². The molecule has 0 fully saturated rings. The van der Waals surface area contributed by atoms with Crippen molar-refractivity contribution in [1.82, 2.24) is 5.01 Å². The fourth-order valence-corrected chi connectivity index (χ4v) is 2.08. The minimum atomic E-state index is -0.406. The van der Waals surface area contributed by atoms with Gasteiger partial charge in [0.2, 0.25) is 5.29 Å². The van der Waals surface area contributed by atoms with Crippen molar-refractivity contribution in [3.63, 3.8) is 0 Å². The number of halogens is 2. The average Bonchev–Trinajstić information content (AvgIpc) is 2.62. The fraction of sp³-hybridized carbons (Fsp3) is 0.556. The lowest BCUT2D eigenvalue weighted by atomic mass is 10.1. The Morgan fingerprint density at radius 1 is 1.59 bits per heavy atom. The van der Waals surface area contributed by atoms with Gasteiger partial charge in [-0.3, -0.25) is 9.80 Å². The zero-order valence-corrected chi connectivity index (χ0v) is 10.5. The second-order valence-electron chi connectivity index (χ2n) is 3.44. The summed E-state index contributed by atoms with van der Waals surface area (Å²) in [5.74, 6) is -0.608. The van der Waals surface area contributed by atoms with Crippen LogP contribution in [0.15, 0.2) is 15.1 Å². The van der Waals surface area contributed by atoms with Gasteiger partial charge in [0.1, 0.15) is 11.7 Å². The van der Waals surface area contributed by atoms with Crippen molar-refractivity contribution in [2.45, 2.75) is 13.1 Å². The monoisotopic (exact) mass is 276 g/mol. The van der Waals surface area contributed by atoms with Crippen LogP contribution in [0.5, 0.6) is 0 Å². The minimum Gasteiger partial charge on any atom is -0.465 e. The van der Waals surface area contributed by atoms with Crippen molar-refractivity contribution in [1.29, 1.82) is 0 Å². The number of amidine groups is 1. The maximum Gasteiger partial charge on any atom is 0.327 e. The van der Waals surface area contributed by atoms with Gasteiger partial charge in [-0.2, -0.15) is 5.10 Å². The Morgan fingerprint density at radius 2 is 2.35 bits per heavy atom. The summed E-state index contributed by atoms with van der Waals surface area (Å²) in [7, 11) is 0. The largest absolute Gasteiger partial charge is 0.465 e. The number of hydrogen-bond donors (Lipinski definition) is 0. The van der Waals surface area contributed by atoms with Crippen LogP contribution in [0.1, 0.15) is 6.92 Å². The molecular formula is C9H10Cl2N4O2. The van der Waals surface area contributed by atoms with Gasteiger partial charge in [0.25, 0.3) is 0 Å². The molecule has 92 valence electrons. The molecule has 0 saturated carbocycles. The standard InChI is InChI=1S/C9H10Cl2N4O2/c1-2-17-6(16)4-15-8-5(3-12-15)7(10)13-9(11)14-8/h3,5,8H,2,4H2,1H3. The van der Waals surface area contributed by atoms with Crippen LogP contribution in [0.25, 0.3) is 0 Å². The molecule has 0 amide bonds. The lowest BCUT2D eigenvalue weighted by molar-refractivity contribution is -0.144. The smallest absolute Gasteiger partial charge is 0.327 e. The van der Waals surface area contributed by atoms with E-state index in [1.165, 1.54) is 5.01 Å². The number of nitrogens with zero attached hydrogens (tertiary/aromatic N) is 4. The third kappa shape index (κ3) is 2.58. The van der Waals surface area contributed by atoms with E-state index in [0.717, 1.165) is 0 Å². The van der Waals surface area contributed by atoms with E-state index in [2.05, 4.69) is 15.1 Å². The molecule has 0 spiro atoms. The Hall–Kier alpha value is -1.14. The number of ether oxygens (including phenoxy) is 1. The molecule has 2 rings (SSSR count). The molecule has 2 unspecified atom stereocenters. The van der Waals surface area contributed by atoms with Crippen LogP contribution in [0.4, 0.5) is 0 Å². The highest BCUT2D eigenvalue weighted by Crippen LogP contribution is 2.26. The number of hydrogen-bond acceptors (Lipinski definition) is 6. The molecule has 0 aromatic rings. The predicted octanol–water partition coefficient (Wildman–Crippen LogP) is 1.04. The number of esters is 1. The van der Waals surface area contributed by atoms with E-state index in [9.17, 15) is 4.79 Å². The Bertz CT molecular complexity index is 421. The summed E-state index contributed by atoms with van der Waals surface area (Å²) in [6.45, 7) is 2.09. The molecule has 2 heterocycles. The van der Waals surface area contributed by atoms with Crippen molar-refractivity contribution in [2.24, 2.45) is 21.0 Å². The average molecular weight is 277 g/mol. The first-order chi connectivity index (χ1) is 8.11. The van der Waals surface area contributed by atoms with Crippen molar-refractivity contribution in [3.8, 4) is 0 Å². The van der Waals surface area contributed by atoms with Gasteiger partial charge in [-0.25, -0.2) is 9.98 Å². The Labute approximate surface area is 108 Å². The zero-order valence-electron chi connectivity index (χ0n) is 9.01. The van der Waals surface area contributed by atoms with E-state index in [4.69, 9.17) is 27.9 Å². The lowest BCUT2D eigenvalue weighted by Gasteiger charge is -2.24. The number of carbonyl (C=O) groups excluding carboxylic acids is 1. The Morgan fingerprint density at radius 3 is 3.06 bits per heavy atom. The summed E-state index contributed by atoms with van der Waals surface area (Å²) in [5, 5.41) is 5.94. The molecule has 2 aliphatic heterocycles. The minimum absolute atomic E-state index is 0.0172. The third-order valence-corrected chi connectivity index (χ3v) is 2.83. The van der Waals surface area contributed by atoms with E-state index in [-0.39, 0.29) is 23.7 Å². The van der Waals surface area contributed by atoms with E-state index >= 15 is 0 Å². The van der Waals surface area contributed by atoms with Crippen LogP contribution in [-0.2, 0) is 9.53 Å². The second kappa shape index (κ2) is 5.01. The number of rotatable bonds is 3. The quantitative estimate of drug-likeness (QED) is 0.571. The SMILES string of the molecule is CCOC(=O)CN1N=CC2C(Cl)=NC(Cl)=NC21. The lowest BCUT2D eigenvalue weighted by Crippen LogP contribution is -2.39. The molecule has 2 atom stereocenters. The molecule has 0 radical (unpaired) electrons. The summed E-state index contributed by atoms with van der Waals surface area (Å²) < 4.78 is 4.84. The van der Waals surface area contributed by atoms with E-state index in [1.54, 1.807) is 13.1 Å². The van der Waals surface area contributed by atoms with Crippen LogP contribution in [0.3, 0.4) is 0 Å². The maximum absolute atomic E-state index is 11.4. The predicted molar refractivity (Wildman–Crippen MR) is 65.7 cm³/mol. The molecule has 6 nitrogen and oxygen atoms in total. The number of hydrazone groups is 1. The van der Waals surface area contributed by atoms with Gasteiger partial charge in [0.15, 0.2) is 6.17 Å². The van der Waals surface area contributed by atoms with E-state index in [1.807, 2.05) is 0 Å². The van der Waals surface area contributed by atoms with Crippen molar-refractivity contribution in [3.05, 3.63) is 0 Å². The number of aliphatic imine (C=N–C) groups is 2. The highest BCUT2D eigenvalue weighted by atomic mass is 35.5. The van der Waals surface area contributed by atoms with Gasteiger partial charge in [-0.15, -0.1) is 0 Å². The van der Waals surface area contributed by atoms with Gasteiger partial charge < -0.3 is 4.74 Å². The molecule has 0 aromatic heterocycles. The second-order valence-corrected chi connectivity index (χ2v) is 4.16. The molecule has 0 aliphatic carbocycles. The summed E-state index contributed by atoms with van der Waals surface area (Å²) in [6.07, 6.45) is 1.19. The first kappa shape index (κ1) is 12.3. The van der Waals surface area contributed by atoms with Crippen LogP contribution in [0, 0.1) is 5.92 Å². The van der Waals surface area contributed by atoms with Gasteiger partial charge in [0, 0.05) is 6.21 Å². The van der Waals surface area contributed by atoms with Crippen LogP contribution in [0.2, 0.25) is 0 Å². The zero-order chi connectivity index (χ0) is 12.4. The first-order valence-corrected chi connectivity index (χ1v) is 5.81.